The maximum Gasteiger partial charge on any atom is 0.254 e. The summed E-state index contributed by atoms with van der Waals surface area (Å²) in [6.45, 7) is 1.38. The van der Waals surface area contributed by atoms with Crippen LogP contribution in [0.4, 0.5) is 0 Å². The number of hydrogen-bond acceptors (Lipinski definition) is 2. The Labute approximate surface area is 151 Å². The summed E-state index contributed by atoms with van der Waals surface area (Å²) in [5, 5.41) is 0.597. The molecule has 1 amide bonds. The number of benzene rings is 2. The van der Waals surface area contributed by atoms with Crippen molar-refractivity contribution in [1.29, 1.82) is 0 Å². The predicted octanol–water partition coefficient (Wildman–Crippen LogP) is 4.60. The summed E-state index contributed by atoms with van der Waals surface area (Å²) in [6.07, 6.45) is 2.62. The minimum Gasteiger partial charge on any atom is -0.334 e. The summed E-state index contributed by atoms with van der Waals surface area (Å²) >= 11 is 6.32. The van der Waals surface area contributed by atoms with Gasteiger partial charge in [0.05, 0.1) is 10.7 Å². The normalized spacial score (nSPS) is 13.4. The molecule has 0 fully saturated rings. The van der Waals surface area contributed by atoms with Gasteiger partial charge in [-0.05, 0) is 47.9 Å². The Bertz CT molecular complexity index is 924. The molecule has 2 heterocycles. The van der Waals surface area contributed by atoms with Crippen LogP contribution in [0.2, 0.25) is 5.02 Å². The number of nitrogens with zero attached hydrogens (tertiary/aromatic N) is 2. The molecule has 4 rings (SSSR count). The molecule has 0 unspecified atom stereocenters. The van der Waals surface area contributed by atoms with Crippen molar-refractivity contribution in [1.82, 2.24) is 9.88 Å². The lowest BCUT2D eigenvalue weighted by Gasteiger charge is -2.29. The van der Waals surface area contributed by atoms with Crippen LogP contribution in [0.25, 0.3) is 11.3 Å². The van der Waals surface area contributed by atoms with Gasteiger partial charge in [-0.1, -0.05) is 41.9 Å². The van der Waals surface area contributed by atoms with Crippen LogP contribution in [0.5, 0.6) is 0 Å². The van der Waals surface area contributed by atoms with Gasteiger partial charge in [-0.3, -0.25) is 9.78 Å². The van der Waals surface area contributed by atoms with E-state index in [4.69, 9.17) is 11.6 Å². The third-order valence-electron chi connectivity index (χ3n) is 4.57. The lowest BCUT2D eigenvalue weighted by atomic mass is 9.99. The van der Waals surface area contributed by atoms with E-state index in [9.17, 15) is 4.79 Å². The van der Waals surface area contributed by atoms with Gasteiger partial charge in [0.2, 0.25) is 0 Å². The maximum absolute atomic E-state index is 13.0. The number of halogens is 1. The molecule has 1 aromatic heterocycles. The summed E-state index contributed by atoms with van der Waals surface area (Å²) in [4.78, 5) is 19.2. The highest BCUT2D eigenvalue weighted by molar-refractivity contribution is 6.33. The van der Waals surface area contributed by atoms with E-state index in [2.05, 4.69) is 23.2 Å². The number of aromatic nitrogens is 1. The van der Waals surface area contributed by atoms with Crippen molar-refractivity contribution in [3.8, 4) is 11.3 Å². The molecule has 0 bridgehead atoms. The van der Waals surface area contributed by atoms with Gasteiger partial charge >= 0.3 is 0 Å². The quantitative estimate of drug-likeness (QED) is 0.678. The fourth-order valence-electron chi connectivity index (χ4n) is 3.23. The van der Waals surface area contributed by atoms with E-state index in [1.54, 1.807) is 18.3 Å². The molecule has 25 heavy (non-hydrogen) atoms. The second-order valence-corrected chi connectivity index (χ2v) is 6.56. The zero-order chi connectivity index (χ0) is 17.2. The fourth-order valence-corrected chi connectivity index (χ4v) is 3.44. The lowest BCUT2D eigenvalue weighted by molar-refractivity contribution is 0.0735. The van der Waals surface area contributed by atoms with E-state index < -0.39 is 0 Å². The summed E-state index contributed by atoms with van der Waals surface area (Å²) < 4.78 is 0. The van der Waals surface area contributed by atoms with E-state index in [1.807, 2.05) is 35.2 Å². The molecule has 124 valence electrons. The molecular formula is C21H17ClN2O. The van der Waals surface area contributed by atoms with Gasteiger partial charge < -0.3 is 4.90 Å². The molecule has 0 atom stereocenters. The Morgan fingerprint density at radius 1 is 1.00 bits per heavy atom. The smallest absolute Gasteiger partial charge is 0.254 e. The zero-order valence-corrected chi connectivity index (χ0v) is 14.4. The van der Waals surface area contributed by atoms with Crippen LogP contribution in [0.15, 0.2) is 66.9 Å². The average molecular weight is 349 g/mol. The molecule has 3 nitrogen and oxygen atoms in total. The van der Waals surface area contributed by atoms with Crippen molar-refractivity contribution in [2.75, 3.05) is 6.54 Å². The van der Waals surface area contributed by atoms with Gasteiger partial charge in [0.15, 0.2) is 0 Å². The third kappa shape index (κ3) is 3.15. The van der Waals surface area contributed by atoms with Gasteiger partial charge in [0.1, 0.15) is 0 Å². The Kier molecular flexibility index (Phi) is 4.24. The minimum absolute atomic E-state index is 0.0309. The van der Waals surface area contributed by atoms with Crippen LogP contribution in [0.1, 0.15) is 21.5 Å². The topological polar surface area (TPSA) is 33.2 Å². The van der Waals surface area contributed by atoms with E-state index in [1.165, 1.54) is 11.1 Å². The Morgan fingerprint density at radius 3 is 2.60 bits per heavy atom. The van der Waals surface area contributed by atoms with Crippen LogP contribution in [-0.4, -0.2) is 22.3 Å². The first kappa shape index (κ1) is 15.9. The predicted molar refractivity (Wildman–Crippen MR) is 99.6 cm³/mol. The van der Waals surface area contributed by atoms with Crippen molar-refractivity contribution < 1.29 is 4.79 Å². The summed E-state index contributed by atoms with van der Waals surface area (Å²) in [6, 6.07) is 19.4. The highest BCUT2D eigenvalue weighted by atomic mass is 35.5. The number of rotatable bonds is 2. The van der Waals surface area contributed by atoms with Crippen LogP contribution in [-0.2, 0) is 13.0 Å². The zero-order valence-electron chi connectivity index (χ0n) is 13.7. The highest BCUT2D eigenvalue weighted by Gasteiger charge is 2.22. The van der Waals surface area contributed by atoms with E-state index in [-0.39, 0.29) is 5.91 Å². The molecule has 2 aromatic carbocycles. The van der Waals surface area contributed by atoms with Crippen molar-refractivity contribution >= 4 is 17.5 Å². The second kappa shape index (κ2) is 6.69. The fraction of sp³-hybridized carbons (Fsp3) is 0.143. The molecule has 0 saturated heterocycles. The molecule has 1 aliphatic rings. The standard InChI is InChI=1S/C21H17ClN2O/c22-19-9-8-16(13-18(19)20-7-3-4-11-23-20)21(25)24-12-10-15-5-1-2-6-17(15)14-24/h1-9,11,13H,10,12,14H2. The number of amides is 1. The number of pyridine rings is 1. The van der Waals surface area contributed by atoms with Crippen molar-refractivity contribution in [3.63, 3.8) is 0 Å². The third-order valence-corrected chi connectivity index (χ3v) is 4.90. The first-order chi connectivity index (χ1) is 12.2. The SMILES string of the molecule is O=C(c1ccc(Cl)c(-c2ccccn2)c1)N1CCc2ccccc2C1. The second-order valence-electron chi connectivity index (χ2n) is 6.16. The van der Waals surface area contributed by atoms with Gasteiger partial charge in [0, 0.05) is 30.4 Å². The first-order valence-electron chi connectivity index (χ1n) is 8.29. The minimum atomic E-state index is 0.0309. The number of fused-ring (bicyclic) bond motifs is 1. The molecule has 3 aromatic rings. The molecule has 1 aliphatic heterocycles. The molecule has 0 spiro atoms. The molecule has 0 aliphatic carbocycles. The first-order valence-corrected chi connectivity index (χ1v) is 8.67. The maximum atomic E-state index is 13.0. The lowest BCUT2D eigenvalue weighted by Crippen LogP contribution is -2.35. The molecular weight excluding hydrogens is 332 g/mol. The Balaban J connectivity index is 1.63. The molecule has 4 heteroatoms. The Hall–Kier alpha value is -2.65. The van der Waals surface area contributed by atoms with Gasteiger partial charge in [0.25, 0.3) is 5.91 Å². The van der Waals surface area contributed by atoms with Gasteiger partial charge in [-0.2, -0.15) is 0 Å². The van der Waals surface area contributed by atoms with Crippen LogP contribution >= 0.6 is 11.6 Å². The van der Waals surface area contributed by atoms with Crippen molar-refractivity contribution in [2.24, 2.45) is 0 Å². The van der Waals surface area contributed by atoms with Gasteiger partial charge in [-0.15, -0.1) is 0 Å². The van der Waals surface area contributed by atoms with Crippen LogP contribution in [0.3, 0.4) is 0 Å². The molecule has 0 radical (unpaired) electrons. The number of carbonyl (C=O) groups excluding carboxylic acids is 1. The summed E-state index contributed by atoms with van der Waals surface area (Å²) in [7, 11) is 0. The Morgan fingerprint density at radius 2 is 1.80 bits per heavy atom. The number of hydrogen-bond donors (Lipinski definition) is 0. The average Bonchev–Trinajstić information content (AvgIpc) is 2.68. The van der Waals surface area contributed by atoms with E-state index >= 15 is 0 Å². The van der Waals surface area contributed by atoms with Gasteiger partial charge in [-0.25, -0.2) is 0 Å². The largest absolute Gasteiger partial charge is 0.334 e. The molecule has 0 N–H and O–H groups in total. The van der Waals surface area contributed by atoms with E-state index in [0.717, 1.165) is 24.2 Å². The van der Waals surface area contributed by atoms with Crippen LogP contribution < -0.4 is 0 Å². The molecule has 0 saturated carbocycles. The van der Waals surface area contributed by atoms with Crippen molar-refractivity contribution in [3.05, 3.63) is 88.6 Å². The highest BCUT2D eigenvalue weighted by Crippen LogP contribution is 2.28. The van der Waals surface area contributed by atoms with E-state index in [0.29, 0.717) is 17.1 Å². The summed E-state index contributed by atoms with van der Waals surface area (Å²) in [5.41, 5.74) is 4.75. The van der Waals surface area contributed by atoms with Crippen LogP contribution in [0, 0.1) is 0 Å². The van der Waals surface area contributed by atoms with Crippen molar-refractivity contribution in [2.45, 2.75) is 13.0 Å². The summed E-state index contributed by atoms with van der Waals surface area (Å²) in [5.74, 6) is 0.0309. The number of carbonyl (C=O) groups is 1. The monoisotopic (exact) mass is 348 g/mol.